The van der Waals surface area contributed by atoms with Crippen LogP contribution in [0.3, 0.4) is 0 Å². The second kappa shape index (κ2) is 6.95. The van der Waals surface area contributed by atoms with Gasteiger partial charge in [0.25, 0.3) is 11.7 Å². The number of halogens is 2. The molecule has 1 aliphatic rings. The maximum absolute atomic E-state index is 12.2. The first-order chi connectivity index (χ1) is 11.5. The number of hydrogen-bond acceptors (Lipinski definition) is 3. The van der Waals surface area contributed by atoms with E-state index in [2.05, 4.69) is 15.9 Å². The van der Waals surface area contributed by atoms with Crippen molar-refractivity contribution in [2.75, 3.05) is 18.1 Å². The molecule has 4 nitrogen and oxygen atoms in total. The van der Waals surface area contributed by atoms with E-state index >= 15 is 0 Å². The van der Waals surface area contributed by atoms with E-state index in [1.54, 1.807) is 35.2 Å². The zero-order valence-corrected chi connectivity index (χ0v) is 15.4. The number of ether oxygens (including phenoxy) is 1. The van der Waals surface area contributed by atoms with Crippen molar-refractivity contribution in [2.24, 2.45) is 0 Å². The van der Waals surface area contributed by atoms with Crippen LogP contribution in [-0.4, -0.2) is 24.8 Å². The van der Waals surface area contributed by atoms with Gasteiger partial charge in [0, 0.05) is 16.0 Å². The van der Waals surface area contributed by atoms with E-state index in [9.17, 15) is 9.59 Å². The molecule has 0 aliphatic carbocycles. The first-order valence-electron chi connectivity index (χ1n) is 7.52. The van der Waals surface area contributed by atoms with Crippen LogP contribution < -0.4 is 9.64 Å². The zero-order valence-electron chi connectivity index (χ0n) is 13.0. The fourth-order valence-corrected chi connectivity index (χ4v) is 3.46. The summed E-state index contributed by atoms with van der Waals surface area (Å²) in [5.41, 5.74) is 2.07. The topological polar surface area (TPSA) is 46.6 Å². The molecule has 1 aliphatic heterocycles. The summed E-state index contributed by atoms with van der Waals surface area (Å²) in [6.07, 6.45) is 0.622. The number of Topliss-reactive ketones (excluding diaryl/α,β-unsaturated/α-hetero) is 1. The van der Waals surface area contributed by atoms with Crippen molar-refractivity contribution in [2.45, 2.75) is 13.3 Å². The van der Waals surface area contributed by atoms with E-state index in [0.29, 0.717) is 35.8 Å². The Bertz CT molecular complexity index is 805. The fraction of sp³-hybridized carbons (Fsp3) is 0.222. The van der Waals surface area contributed by atoms with Crippen LogP contribution in [0.5, 0.6) is 5.75 Å². The molecule has 2 aromatic carbocycles. The monoisotopic (exact) mass is 407 g/mol. The number of anilines is 1. The molecule has 2 aromatic rings. The number of nitrogens with zero attached hydrogens (tertiary/aromatic N) is 1. The van der Waals surface area contributed by atoms with Gasteiger partial charge in [0.2, 0.25) is 0 Å². The van der Waals surface area contributed by atoms with Crippen LogP contribution in [0.1, 0.15) is 22.3 Å². The molecule has 0 unspecified atom stereocenters. The summed E-state index contributed by atoms with van der Waals surface area (Å²) >= 11 is 9.19. The average Bonchev–Trinajstić information content (AvgIpc) is 2.78. The second-order valence-electron chi connectivity index (χ2n) is 5.56. The first kappa shape index (κ1) is 17.0. The number of rotatable bonds is 5. The van der Waals surface area contributed by atoms with Crippen molar-refractivity contribution in [3.05, 3.63) is 57.0 Å². The third-order valence-corrected chi connectivity index (χ3v) is 4.54. The summed E-state index contributed by atoms with van der Waals surface area (Å²) in [7, 11) is 0. The lowest BCUT2D eigenvalue weighted by Gasteiger charge is -2.18. The number of fused-ring (bicyclic) bond motifs is 1. The maximum Gasteiger partial charge on any atom is 0.299 e. The predicted molar refractivity (Wildman–Crippen MR) is 97.1 cm³/mol. The van der Waals surface area contributed by atoms with Crippen molar-refractivity contribution in [3.8, 4) is 5.75 Å². The van der Waals surface area contributed by atoms with Gasteiger partial charge in [0.15, 0.2) is 0 Å². The van der Waals surface area contributed by atoms with Gasteiger partial charge in [-0.3, -0.25) is 9.59 Å². The Morgan fingerprint density at radius 2 is 1.88 bits per heavy atom. The molecule has 0 atom stereocenters. The van der Waals surface area contributed by atoms with Gasteiger partial charge in [-0.25, -0.2) is 0 Å². The molecule has 24 heavy (non-hydrogen) atoms. The minimum atomic E-state index is -0.474. The van der Waals surface area contributed by atoms with Gasteiger partial charge < -0.3 is 9.64 Å². The molecule has 0 aromatic heterocycles. The molecule has 0 bridgehead atoms. The average molecular weight is 409 g/mol. The Morgan fingerprint density at radius 1 is 1.17 bits per heavy atom. The third kappa shape index (κ3) is 3.32. The molecular formula is C18H15BrClNO3. The van der Waals surface area contributed by atoms with Crippen molar-refractivity contribution < 1.29 is 14.3 Å². The van der Waals surface area contributed by atoms with E-state index in [1.165, 1.54) is 0 Å². The van der Waals surface area contributed by atoms with Gasteiger partial charge in [0.1, 0.15) is 5.75 Å². The lowest BCUT2D eigenvalue weighted by molar-refractivity contribution is -0.114. The highest BCUT2D eigenvalue weighted by molar-refractivity contribution is 9.10. The summed E-state index contributed by atoms with van der Waals surface area (Å²) in [4.78, 5) is 25.9. The van der Waals surface area contributed by atoms with Gasteiger partial charge in [-0.1, -0.05) is 27.5 Å². The molecule has 1 heterocycles. The van der Waals surface area contributed by atoms with E-state index < -0.39 is 11.7 Å². The number of benzene rings is 2. The van der Waals surface area contributed by atoms with Gasteiger partial charge in [0.05, 0.1) is 17.9 Å². The van der Waals surface area contributed by atoms with Crippen LogP contribution in [0, 0.1) is 6.92 Å². The Hall–Kier alpha value is -1.85. The molecule has 0 radical (unpaired) electrons. The smallest absolute Gasteiger partial charge is 0.299 e. The van der Waals surface area contributed by atoms with E-state index in [0.717, 1.165) is 15.8 Å². The van der Waals surface area contributed by atoms with Crippen LogP contribution in [0.25, 0.3) is 0 Å². The molecule has 6 heteroatoms. The lowest BCUT2D eigenvalue weighted by atomic mass is 10.1. The van der Waals surface area contributed by atoms with E-state index in [1.807, 2.05) is 13.0 Å². The molecule has 124 valence electrons. The van der Waals surface area contributed by atoms with E-state index in [4.69, 9.17) is 16.3 Å². The Kier molecular flexibility index (Phi) is 4.92. The summed E-state index contributed by atoms with van der Waals surface area (Å²) in [5.74, 6) is -0.200. The third-order valence-electron chi connectivity index (χ3n) is 3.83. The summed E-state index contributed by atoms with van der Waals surface area (Å²) < 4.78 is 6.43. The molecule has 0 spiro atoms. The highest BCUT2D eigenvalue weighted by Gasteiger charge is 2.36. The van der Waals surface area contributed by atoms with Crippen molar-refractivity contribution in [1.29, 1.82) is 0 Å². The minimum absolute atomic E-state index is 0.438. The highest BCUT2D eigenvalue weighted by Crippen LogP contribution is 2.35. The number of aryl methyl sites for hydroxylation is 1. The van der Waals surface area contributed by atoms with Crippen molar-refractivity contribution in [1.82, 2.24) is 0 Å². The standard InChI is InChI=1S/C18H15BrClNO3/c1-11-9-12(19)10-15-16(11)21(18(23)17(15)22)7-2-8-24-14-5-3-13(20)4-6-14/h3-6,9-10H,2,7-8H2,1H3. The lowest BCUT2D eigenvalue weighted by Crippen LogP contribution is -2.31. The normalized spacial score (nSPS) is 13.4. The maximum atomic E-state index is 12.2. The number of ketones is 1. The van der Waals surface area contributed by atoms with Crippen LogP contribution in [-0.2, 0) is 4.79 Å². The molecule has 1 amide bonds. The molecule has 3 rings (SSSR count). The number of hydrogen-bond donors (Lipinski definition) is 0. The minimum Gasteiger partial charge on any atom is -0.494 e. The van der Waals surface area contributed by atoms with Crippen LogP contribution in [0.15, 0.2) is 40.9 Å². The quantitative estimate of drug-likeness (QED) is 0.544. The van der Waals surface area contributed by atoms with Crippen LogP contribution >= 0.6 is 27.5 Å². The molecule has 0 saturated carbocycles. The highest BCUT2D eigenvalue weighted by atomic mass is 79.9. The van der Waals surface area contributed by atoms with Gasteiger partial charge >= 0.3 is 0 Å². The second-order valence-corrected chi connectivity index (χ2v) is 6.91. The first-order valence-corrected chi connectivity index (χ1v) is 8.69. The van der Waals surface area contributed by atoms with Gasteiger partial charge in [-0.2, -0.15) is 0 Å². The van der Waals surface area contributed by atoms with Gasteiger partial charge in [-0.15, -0.1) is 0 Å². The Balaban J connectivity index is 1.65. The summed E-state index contributed by atoms with van der Waals surface area (Å²) in [6, 6.07) is 10.7. The van der Waals surface area contributed by atoms with Crippen LogP contribution in [0.4, 0.5) is 5.69 Å². The molecule has 0 fully saturated rings. The Labute approximate surface area is 153 Å². The summed E-state index contributed by atoms with van der Waals surface area (Å²) in [5, 5.41) is 0.654. The fourth-order valence-electron chi connectivity index (χ4n) is 2.76. The molecule has 0 N–H and O–H groups in total. The largest absolute Gasteiger partial charge is 0.494 e. The molecular weight excluding hydrogens is 394 g/mol. The predicted octanol–water partition coefficient (Wildman–Crippen LogP) is 4.41. The number of amides is 1. The number of carbonyl (C=O) groups excluding carboxylic acids is 2. The number of carbonyl (C=O) groups is 2. The van der Waals surface area contributed by atoms with Gasteiger partial charge in [-0.05, 0) is 55.3 Å². The summed E-state index contributed by atoms with van der Waals surface area (Å²) in [6.45, 7) is 2.78. The molecule has 0 saturated heterocycles. The van der Waals surface area contributed by atoms with Crippen molar-refractivity contribution in [3.63, 3.8) is 0 Å². The van der Waals surface area contributed by atoms with Crippen molar-refractivity contribution >= 4 is 44.9 Å². The zero-order chi connectivity index (χ0) is 17.3. The van der Waals surface area contributed by atoms with Crippen LogP contribution in [0.2, 0.25) is 5.02 Å². The van der Waals surface area contributed by atoms with E-state index in [-0.39, 0.29) is 0 Å². The SMILES string of the molecule is Cc1cc(Br)cc2c1N(CCCOc1ccc(Cl)cc1)C(=O)C2=O. The Morgan fingerprint density at radius 3 is 2.58 bits per heavy atom.